The minimum absolute atomic E-state index is 0.250. The summed E-state index contributed by atoms with van der Waals surface area (Å²) in [6.45, 7) is 6.02. The average molecular weight is 424 g/mol. The van der Waals surface area contributed by atoms with Gasteiger partial charge < -0.3 is 10.2 Å². The second kappa shape index (κ2) is 8.02. The second-order valence-electron chi connectivity index (χ2n) is 8.74. The van der Waals surface area contributed by atoms with E-state index in [0.29, 0.717) is 6.04 Å². The number of benzene rings is 1. The van der Waals surface area contributed by atoms with Crippen molar-refractivity contribution in [3.63, 3.8) is 0 Å². The molecule has 1 aliphatic carbocycles. The predicted molar refractivity (Wildman–Crippen MR) is 122 cm³/mol. The van der Waals surface area contributed by atoms with Gasteiger partial charge in [0, 0.05) is 25.0 Å². The maximum atomic E-state index is 12.4. The summed E-state index contributed by atoms with van der Waals surface area (Å²) in [5.74, 6) is 0.527. The van der Waals surface area contributed by atoms with Gasteiger partial charge in [-0.15, -0.1) is 0 Å². The molecule has 0 atom stereocenters. The van der Waals surface area contributed by atoms with Crippen LogP contribution in [0.4, 0.5) is 5.13 Å². The van der Waals surface area contributed by atoms with Crippen molar-refractivity contribution in [1.82, 2.24) is 20.1 Å². The number of fused-ring (bicyclic) bond motifs is 1. The van der Waals surface area contributed by atoms with Gasteiger partial charge in [-0.05, 0) is 57.2 Å². The van der Waals surface area contributed by atoms with Crippen LogP contribution in [0.5, 0.6) is 0 Å². The molecule has 1 saturated carbocycles. The number of rotatable bonds is 4. The zero-order valence-corrected chi connectivity index (χ0v) is 18.5. The molecule has 1 amide bonds. The third-order valence-electron chi connectivity index (χ3n) is 6.46. The molecular weight excluding hydrogens is 394 g/mol. The molecule has 7 heteroatoms. The summed E-state index contributed by atoms with van der Waals surface area (Å²) < 4.78 is 3.12. The minimum atomic E-state index is 0.250. The molecule has 3 aromatic rings. The number of nitrogens with one attached hydrogen (secondary N) is 1. The lowest BCUT2D eigenvalue weighted by molar-refractivity contribution is -0.125. The Balaban J connectivity index is 1.29. The third kappa shape index (κ3) is 3.71. The lowest BCUT2D eigenvalue weighted by atomic mass is 10.0. The molecule has 30 heavy (non-hydrogen) atoms. The number of aromatic nitrogens is 3. The Bertz CT molecular complexity index is 1060. The highest BCUT2D eigenvalue weighted by atomic mass is 32.1. The lowest BCUT2D eigenvalue weighted by Crippen LogP contribution is -2.46. The number of carbonyl (C=O) groups is 1. The molecule has 3 heterocycles. The maximum absolute atomic E-state index is 12.4. The Morgan fingerprint density at radius 3 is 2.63 bits per heavy atom. The molecule has 0 radical (unpaired) electrons. The van der Waals surface area contributed by atoms with Crippen LogP contribution in [-0.2, 0) is 4.79 Å². The minimum Gasteiger partial charge on any atom is -0.353 e. The highest BCUT2D eigenvalue weighted by Gasteiger charge is 2.28. The summed E-state index contributed by atoms with van der Waals surface area (Å²) in [5, 5.41) is 9.09. The number of thiazole rings is 1. The van der Waals surface area contributed by atoms with Gasteiger partial charge in [0.25, 0.3) is 0 Å². The molecule has 1 aromatic carbocycles. The van der Waals surface area contributed by atoms with E-state index < -0.39 is 0 Å². The maximum Gasteiger partial charge on any atom is 0.223 e. The van der Waals surface area contributed by atoms with Gasteiger partial charge >= 0.3 is 0 Å². The molecule has 0 spiro atoms. The van der Waals surface area contributed by atoms with Crippen LogP contribution in [0.1, 0.15) is 49.8 Å². The summed E-state index contributed by atoms with van der Waals surface area (Å²) >= 11 is 1.73. The molecule has 0 unspecified atom stereocenters. The van der Waals surface area contributed by atoms with Crippen molar-refractivity contribution in [2.75, 3.05) is 18.0 Å². The van der Waals surface area contributed by atoms with E-state index in [1.165, 1.54) is 18.4 Å². The fourth-order valence-electron chi connectivity index (χ4n) is 4.72. The zero-order chi connectivity index (χ0) is 20.7. The van der Waals surface area contributed by atoms with Crippen LogP contribution < -0.4 is 10.2 Å². The fourth-order valence-corrected chi connectivity index (χ4v) is 5.76. The highest BCUT2D eigenvalue weighted by Crippen LogP contribution is 2.34. The van der Waals surface area contributed by atoms with Crippen LogP contribution in [0.25, 0.3) is 16.0 Å². The molecule has 0 bridgehead atoms. The Labute approximate surface area is 181 Å². The molecule has 1 N–H and O–H groups in total. The molecule has 2 aliphatic rings. The van der Waals surface area contributed by atoms with Crippen molar-refractivity contribution in [3.05, 3.63) is 35.5 Å². The van der Waals surface area contributed by atoms with E-state index in [9.17, 15) is 4.79 Å². The van der Waals surface area contributed by atoms with E-state index >= 15 is 0 Å². The number of hydrogen-bond donors (Lipinski definition) is 1. The molecule has 2 fully saturated rings. The van der Waals surface area contributed by atoms with Gasteiger partial charge in [-0.2, -0.15) is 10.1 Å². The van der Waals surface area contributed by atoms with Gasteiger partial charge in [-0.25, -0.2) is 4.68 Å². The van der Waals surface area contributed by atoms with Gasteiger partial charge in [-0.1, -0.05) is 36.3 Å². The SMILES string of the molecule is Cc1cccc(-n2nc(C)c3sc(N4CCC(NC(=O)C5CCCC5)CC4)nc32)c1. The Morgan fingerprint density at radius 1 is 1.13 bits per heavy atom. The van der Waals surface area contributed by atoms with Gasteiger partial charge in [0.05, 0.1) is 16.1 Å². The first-order valence-corrected chi connectivity index (χ1v) is 11.9. The molecule has 1 saturated heterocycles. The Kier molecular flexibility index (Phi) is 5.23. The van der Waals surface area contributed by atoms with Crippen molar-refractivity contribution >= 4 is 32.7 Å². The average Bonchev–Trinajstić information content (AvgIpc) is 3.47. The molecule has 1 aliphatic heterocycles. The number of amides is 1. The number of nitrogens with zero attached hydrogens (tertiary/aromatic N) is 4. The quantitative estimate of drug-likeness (QED) is 0.677. The van der Waals surface area contributed by atoms with Crippen molar-refractivity contribution in [3.8, 4) is 5.69 Å². The van der Waals surface area contributed by atoms with E-state index in [1.54, 1.807) is 11.3 Å². The first kappa shape index (κ1) is 19.5. The van der Waals surface area contributed by atoms with Crippen LogP contribution in [0.15, 0.2) is 24.3 Å². The number of anilines is 1. The van der Waals surface area contributed by atoms with Gasteiger partial charge in [0.15, 0.2) is 10.8 Å². The van der Waals surface area contributed by atoms with Crippen molar-refractivity contribution in [2.45, 2.75) is 58.4 Å². The van der Waals surface area contributed by atoms with E-state index in [-0.39, 0.29) is 11.8 Å². The lowest BCUT2D eigenvalue weighted by Gasteiger charge is -2.32. The third-order valence-corrected chi connectivity index (χ3v) is 7.68. The summed E-state index contributed by atoms with van der Waals surface area (Å²) in [6, 6.07) is 8.68. The molecule has 2 aromatic heterocycles. The summed E-state index contributed by atoms with van der Waals surface area (Å²) in [6.07, 6.45) is 6.50. The molecular formula is C23H29N5OS. The monoisotopic (exact) mass is 423 g/mol. The smallest absolute Gasteiger partial charge is 0.223 e. The van der Waals surface area contributed by atoms with E-state index in [0.717, 1.165) is 65.6 Å². The first-order chi connectivity index (χ1) is 14.6. The highest BCUT2D eigenvalue weighted by molar-refractivity contribution is 7.22. The normalized spacial score (nSPS) is 18.4. The predicted octanol–water partition coefficient (Wildman–Crippen LogP) is 4.37. The number of piperidine rings is 1. The van der Waals surface area contributed by atoms with Crippen molar-refractivity contribution in [2.24, 2.45) is 5.92 Å². The standard InChI is InChI=1S/C23H29N5OS/c1-15-6-5-9-19(14-15)28-21-20(16(2)26-28)30-23(25-21)27-12-10-18(11-13-27)24-22(29)17-7-3-4-8-17/h5-6,9,14,17-18H,3-4,7-8,10-13H2,1-2H3,(H,24,29). The molecule has 5 rings (SSSR count). The number of hydrogen-bond acceptors (Lipinski definition) is 5. The molecule has 158 valence electrons. The fraction of sp³-hybridized carbons (Fsp3) is 0.522. The summed E-state index contributed by atoms with van der Waals surface area (Å²) in [5.41, 5.74) is 4.23. The Morgan fingerprint density at radius 2 is 1.90 bits per heavy atom. The van der Waals surface area contributed by atoms with Crippen molar-refractivity contribution < 1.29 is 4.79 Å². The summed E-state index contributed by atoms with van der Waals surface area (Å²) in [4.78, 5) is 19.8. The zero-order valence-electron chi connectivity index (χ0n) is 17.7. The van der Waals surface area contributed by atoms with Crippen LogP contribution in [-0.4, -0.2) is 39.8 Å². The first-order valence-electron chi connectivity index (χ1n) is 11.1. The van der Waals surface area contributed by atoms with Crippen LogP contribution in [0, 0.1) is 19.8 Å². The van der Waals surface area contributed by atoms with Crippen LogP contribution >= 0.6 is 11.3 Å². The van der Waals surface area contributed by atoms with E-state index in [2.05, 4.69) is 48.3 Å². The van der Waals surface area contributed by atoms with Gasteiger partial charge in [-0.3, -0.25) is 4.79 Å². The largest absolute Gasteiger partial charge is 0.353 e. The van der Waals surface area contributed by atoms with Gasteiger partial charge in [0.2, 0.25) is 5.91 Å². The number of carbonyl (C=O) groups excluding carboxylic acids is 1. The second-order valence-corrected chi connectivity index (χ2v) is 9.71. The topological polar surface area (TPSA) is 63.1 Å². The van der Waals surface area contributed by atoms with Crippen LogP contribution in [0.3, 0.4) is 0 Å². The van der Waals surface area contributed by atoms with Crippen molar-refractivity contribution in [1.29, 1.82) is 0 Å². The van der Waals surface area contributed by atoms with Gasteiger partial charge in [0.1, 0.15) is 0 Å². The van der Waals surface area contributed by atoms with Crippen LogP contribution in [0.2, 0.25) is 0 Å². The van der Waals surface area contributed by atoms with E-state index in [4.69, 9.17) is 10.1 Å². The van der Waals surface area contributed by atoms with E-state index in [1.807, 2.05) is 4.68 Å². The summed E-state index contributed by atoms with van der Waals surface area (Å²) in [7, 11) is 0. The number of aryl methyl sites for hydroxylation is 2. The Hall–Kier alpha value is -2.41. The molecule has 6 nitrogen and oxygen atoms in total.